The van der Waals surface area contributed by atoms with Crippen molar-refractivity contribution < 1.29 is 166 Å². The molecule has 0 aliphatic carbocycles. The molecule has 0 aromatic heterocycles. The first-order chi connectivity index (χ1) is 31.7. The Bertz CT molecular complexity index is 2600. The smallest absolute Gasteiger partial charge is 0.724 e. The van der Waals surface area contributed by atoms with Crippen molar-refractivity contribution in [2.75, 3.05) is 39.6 Å². The zero-order valence-corrected chi connectivity index (χ0v) is 41.9. The Hall–Kier alpha value is -4.28. The van der Waals surface area contributed by atoms with Crippen LogP contribution < -0.4 is 94.5 Å². The van der Waals surface area contributed by atoms with E-state index < -0.39 is 51.0 Å². The van der Waals surface area contributed by atoms with E-state index in [2.05, 4.69) is 71.7 Å². The largest absolute Gasteiger partial charge is 1.00 e. The number of terminal acetylenes is 4. The van der Waals surface area contributed by atoms with Gasteiger partial charge >= 0.3 is 56.6 Å². The summed E-state index contributed by atoms with van der Waals surface area (Å²) in [5, 5.41) is 7.96. The third-order valence-electron chi connectivity index (χ3n) is 6.20. The Kier molecular flexibility index (Phi) is 50.6. The average Bonchev–Trinajstić information content (AvgIpc) is 3.24. The second-order valence-corrected chi connectivity index (χ2v) is 15.4. The number of benzene rings is 4. The van der Waals surface area contributed by atoms with Crippen LogP contribution in [0.2, 0.25) is 0 Å². The predicted octanol–water partition coefficient (Wildman–Crippen LogP) is -1.49. The quantitative estimate of drug-likeness (QED) is 0.0159. The van der Waals surface area contributed by atoms with Crippen molar-refractivity contribution in [3.63, 3.8) is 0 Å². The van der Waals surface area contributed by atoms with E-state index in [1.54, 1.807) is 36.4 Å². The van der Waals surface area contributed by atoms with Gasteiger partial charge in [0.05, 0.1) is 15.6 Å². The number of aliphatic hydroxyl groups is 1. The maximum atomic E-state index is 10.4. The van der Waals surface area contributed by atoms with Crippen molar-refractivity contribution in [2.45, 2.75) is 37.1 Å². The van der Waals surface area contributed by atoms with Gasteiger partial charge in [0.25, 0.3) is 0 Å². The van der Waals surface area contributed by atoms with Crippen LogP contribution in [0.4, 0.5) is 0 Å². The molecule has 0 saturated carbocycles. The molecule has 75 heavy (non-hydrogen) atoms. The van der Waals surface area contributed by atoms with Gasteiger partial charge in [-0.05, 0) is 92.5 Å². The number of aliphatic hydroxyl groups excluding tert-OH is 1. The fourth-order valence-corrected chi connectivity index (χ4v) is 5.40. The monoisotopic (exact) mass is 1220 g/mol. The average molecular weight is 1230 g/mol. The van der Waals surface area contributed by atoms with Crippen molar-refractivity contribution in [2.24, 2.45) is 0 Å². The zero-order valence-electron chi connectivity index (χ0n) is 36.3. The van der Waals surface area contributed by atoms with E-state index in [0.717, 1.165) is 0 Å². The molecule has 4 rings (SSSR count). The van der Waals surface area contributed by atoms with Crippen LogP contribution in [0.15, 0.2) is 81.7 Å². The standard InChI is InChI=1S/C20H18O15S2.C16H8Br2O3.C2H6O6S.5CH4.3Li/c1-3-27-17-7-5-15(13-19(17)29-9-11-31-34-36(21,22)23)33-16-6-8-18(28-4-2)20(14-16)30-10-12-32-35-37(24,25)26;1-3-19-15-7-5-11(9-13(15)17)21-12-6-8-16(20-4-2)14(18)10-12;3-1-2-7-8-9(4,5)6;;;;;;;;/h1-2,5-8,13-14H,9-12H2,(H,21,22,23)(H,24,25,26);1-2,5-10H;3H,1-2H2,(H,4,5,6);5*1H4;;;/q;;;;;;;;3*+1/p-3. The summed E-state index contributed by atoms with van der Waals surface area (Å²) in [5.41, 5.74) is 0. The molecule has 4 aromatic carbocycles. The zero-order chi connectivity index (χ0) is 49.9. The van der Waals surface area contributed by atoms with Crippen LogP contribution in [0.25, 0.3) is 0 Å². The van der Waals surface area contributed by atoms with Crippen molar-refractivity contribution in [1.82, 2.24) is 0 Å². The molecule has 24 nitrogen and oxygen atoms in total. The third kappa shape index (κ3) is 38.0. The Morgan fingerprint density at radius 3 is 0.960 bits per heavy atom. The van der Waals surface area contributed by atoms with Gasteiger partial charge in [-0.15, -0.1) is 13.0 Å². The molecular formula is C43H49Br2Li3O24S3. The molecule has 0 aliphatic heterocycles. The molecule has 0 bridgehead atoms. The molecule has 4 aromatic rings. The van der Waals surface area contributed by atoms with E-state index >= 15 is 0 Å². The summed E-state index contributed by atoms with van der Waals surface area (Å²) in [6, 6.07) is 19.0. The SMILES string of the molecule is C.C.C.C.C.C#COc1ccc(Oc2ccc(OC#C)c(Br)c2)cc1Br.C#COc1ccc(Oc2ccc(OC#C)c(OCCOOS(=O)(=O)[O-])c2)cc1OCCOOS(=O)(=O)[O-].O=S(=O)([O-])OOCCO.[Li+].[Li+].[Li+]. The molecule has 0 atom stereocenters. The predicted molar refractivity (Wildman–Crippen MR) is 261 cm³/mol. The van der Waals surface area contributed by atoms with E-state index in [1.807, 2.05) is 12.2 Å². The van der Waals surface area contributed by atoms with Gasteiger partial charge in [-0.25, -0.2) is 39.9 Å². The number of hydrogen-bond donors (Lipinski definition) is 1. The van der Waals surface area contributed by atoms with E-state index in [1.165, 1.54) is 36.4 Å². The van der Waals surface area contributed by atoms with Gasteiger partial charge < -0.3 is 56.7 Å². The topological polar surface area (TPSA) is 321 Å². The first-order valence-corrected chi connectivity index (χ1v) is 22.7. The number of rotatable bonds is 24. The minimum atomic E-state index is -5.03. The normalized spacial score (nSPS) is 9.52. The Morgan fingerprint density at radius 1 is 0.427 bits per heavy atom. The molecular weight excluding hydrogens is 1180 g/mol. The van der Waals surface area contributed by atoms with E-state index in [-0.39, 0.29) is 148 Å². The molecule has 0 aliphatic rings. The Balaban J connectivity index is -0.000000208. The van der Waals surface area contributed by atoms with Crippen molar-refractivity contribution >= 4 is 63.1 Å². The first-order valence-electron chi connectivity index (χ1n) is 17.1. The van der Waals surface area contributed by atoms with Crippen LogP contribution in [-0.2, 0) is 58.9 Å². The van der Waals surface area contributed by atoms with E-state index in [9.17, 15) is 38.9 Å². The molecule has 32 heteroatoms. The molecule has 0 heterocycles. The number of halogens is 2. The number of hydrogen-bond acceptors (Lipinski definition) is 24. The van der Waals surface area contributed by atoms with Gasteiger partial charge in [0.2, 0.25) is 31.2 Å². The summed E-state index contributed by atoms with van der Waals surface area (Å²) >= 11 is 6.71. The summed E-state index contributed by atoms with van der Waals surface area (Å²) in [7, 11) is -14.8. The summed E-state index contributed by atoms with van der Waals surface area (Å²) in [5.74, 6) is 3.13. The van der Waals surface area contributed by atoms with Gasteiger partial charge in [0.15, 0.2) is 34.5 Å². The molecule has 0 spiro atoms. The fourth-order valence-electron chi connectivity index (χ4n) is 3.97. The van der Waals surface area contributed by atoms with Crippen molar-refractivity contribution in [1.29, 1.82) is 0 Å². The minimum absolute atomic E-state index is 0. The van der Waals surface area contributed by atoms with Crippen LogP contribution in [0.1, 0.15) is 37.1 Å². The van der Waals surface area contributed by atoms with Gasteiger partial charge in [-0.3, -0.25) is 0 Å². The maximum Gasteiger partial charge on any atom is 1.00 e. The van der Waals surface area contributed by atoms with E-state index in [4.69, 9.17) is 68.7 Å². The first kappa shape index (κ1) is 84.7. The third-order valence-corrected chi connectivity index (χ3v) is 8.23. The second-order valence-electron chi connectivity index (χ2n) is 10.8. The minimum Gasteiger partial charge on any atom is -0.724 e. The van der Waals surface area contributed by atoms with Crippen molar-refractivity contribution in [3.05, 3.63) is 81.7 Å². The second kappa shape index (κ2) is 44.8. The van der Waals surface area contributed by atoms with Crippen LogP contribution in [0.5, 0.6) is 57.5 Å². The Labute approximate surface area is 491 Å². The van der Waals surface area contributed by atoms with Gasteiger partial charge in [0.1, 0.15) is 80.5 Å². The summed E-state index contributed by atoms with van der Waals surface area (Å²) in [6.07, 6.45) is 28.6. The van der Waals surface area contributed by atoms with Crippen LogP contribution in [0.3, 0.4) is 0 Å². The molecule has 0 saturated heterocycles. The van der Waals surface area contributed by atoms with Gasteiger partial charge in [-0.2, -0.15) is 0 Å². The van der Waals surface area contributed by atoms with Crippen LogP contribution >= 0.6 is 31.9 Å². The van der Waals surface area contributed by atoms with Crippen molar-refractivity contribution in [3.8, 4) is 108 Å². The summed E-state index contributed by atoms with van der Waals surface area (Å²) in [6.45, 7) is -2.16. The van der Waals surface area contributed by atoms with Crippen LogP contribution in [0, 0.1) is 50.1 Å². The fraction of sp³-hybridized carbons (Fsp3) is 0.256. The molecule has 0 fully saturated rings. The van der Waals surface area contributed by atoms with Gasteiger partial charge in [-0.1, -0.05) is 62.8 Å². The molecule has 0 radical (unpaired) electrons. The summed E-state index contributed by atoms with van der Waals surface area (Å²) < 4.78 is 145. The molecule has 0 amide bonds. The van der Waals surface area contributed by atoms with Crippen LogP contribution in [-0.4, -0.2) is 83.7 Å². The molecule has 400 valence electrons. The maximum absolute atomic E-state index is 10.4. The Morgan fingerprint density at radius 2 is 0.693 bits per heavy atom. The van der Waals surface area contributed by atoms with Gasteiger partial charge in [0, 0.05) is 12.1 Å². The molecule has 1 N–H and O–H groups in total. The molecule has 0 unspecified atom stereocenters. The number of ether oxygens (including phenoxy) is 8. The summed E-state index contributed by atoms with van der Waals surface area (Å²) in [4.78, 5) is 12.1. The van der Waals surface area contributed by atoms with E-state index in [0.29, 0.717) is 31.9 Å².